The maximum absolute atomic E-state index is 12.4. The first-order valence-electron chi connectivity index (χ1n) is 8.03. The van der Waals surface area contributed by atoms with E-state index in [4.69, 9.17) is 5.73 Å². The maximum Gasteiger partial charge on any atom is 0.252 e. The van der Waals surface area contributed by atoms with Crippen LogP contribution in [0.3, 0.4) is 0 Å². The molecule has 0 aliphatic carbocycles. The maximum atomic E-state index is 12.4. The summed E-state index contributed by atoms with van der Waals surface area (Å²) >= 11 is 0. The third-order valence-electron chi connectivity index (χ3n) is 4.16. The predicted molar refractivity (Wildman–Crippen MR) is 93.0 cm³/mol. The molecule has 1 aromatic carbocycles. The minimum absolute atomic E-state index is 0.131. The molecule has 6 heteroatoms. The van der Waals surface area contributed by atoms with Crippen molar-refractivity contribution >= 4 is 23.2 Å². The number of primary amides is 1. The summed E-state index contributed by atoms with van der Waals surface area (Å²) in [5.74, 6) is -0.387. The van der Waals surface area contributed by atoms with Crippen LogP contribution in [0, 0.1) is 0 Å². The molecule has 2 heterocycles. The number of pyridine rings is 1. The van der Waals surface area contributed by atoms with Crippen LogP contribution in [0.25, 0.3) is 0 Å². The number of nitrogens with two attached hydrogens (primary N) is 1. The van der Waals surface area contributed by atoms with E-state index in [1.54, 1.807) is 12.3 Å². The van der Waals surface area contributed by atoms with Gasteiger partial charge in [0.2, 0.25) is 5.91 Å². The molecule has 1 aliphatic rings. The molecule has 0 spiro atoms. The Morgan fingerprint density at radius 2 is 2.08 bits per heavy atom. The zero-order chi connectivity index (χ0) is 16.9. The third kappa shape index (κ3) is 3.37. The van der Waals surface area contributed by atoms with E-state index in [9.17, 15) is 9.59 Å². The standard InChI is InChI=1S/C18H20N4O2/c19-18(24)14-12-20-10-7-15(14)21-9-3-6-17(23)22-11-8-13-4-1-2-5-16(13)22/h1-2,4-5,7,10,12H,3,6,8-9,11H2,(H2,19,24)(H,20,21). The molecular formula is C18H20N4O2. The van der Waals surface area contributed by atoms with Crippen LogP contribution in [-0.4, -0.2) is 29.9 Å². The molecule has 0 radical (unpaired) electrons. The van der Waals surface area contributed by atoms with Crippen LogP contribution in [0.4, 0.5) is 11.4 Å². The van der Waals surface area contributed by atoms with E-state index in [-0.39, 0.29) is 5.91 Å². The number of benzene rings is 1. The van der Waals surface area contributed by atoms with Crippen molar-refractivity contribution in [1.82, 2.24) is 4.98 Å². The lowest BCUT2D eigenvalue weighted by Crippen LogP contribution is -2.29. The van der Waals surface area contributed by atoms with E-state index in [0.717, 1.165) is 18.7 Å². The minimum Gasteiger partial charge on any atom is -0.384 e. The fourth-order valence-corrected chi connectivity index (χ4v) is 2.94. The van der Waals surface area contributed by atoms with E-state index < -0.39 is 5.91 Å². The first-order chi connectivity index (χ1) is 11.7. The fraction of sp³-hybridized carbons (Fsp3) is 0.278. The normalized spacial score (nSPS) is 12.8. The lowest BCUT2D eigenvalue weighted by molar-refractivity contribution is -0.118. The molecule has 0 bridgehead atoms. The molecular weight excluding hydrogens is 304 g/mol. The Morgan fingerprint density at radius 3 is 2.92 bits per heavy atom. The summed E-state index contributed by atoms with van der Waals surface area (Å²) in [5.41, 5.74) is 8.58. The Bertz CT molecular complexity index is 760. The van der Waals surface area contributed by atoms with Crippen LogP contribution in [0.1, 0.15) is 28.8 Å². The number of hydrogen-bond acceptors (Lipinski definition) is 4. The van der Waals surface area contributed by atoms with E-state index >= 15 is 0 Å². The van der Waals surface area contributed by atoms with Gasteiger partial charge < -0.3 is 16.0 Å². The van der Waals surface area contributed by atoms with Crippen LogP contribution in [-0.2, 0) is 11.2 Å². The summed E-state index contributed by atoms with van der Waals surface area (Å²) in [7, 11) is 0. The number of aromatic nitrogens is 1. The number of carbonyl (C=O) groups is 2. The molecule has 2 amide bonds. The number of hydrogen-bond donors (Lipinski definition) is 2. The van der Waals surface area contributed by atoms with Crippen molar-refractivity contribution in [2.24, 2.45) is 5.73 Å². The highest BCUT2D eigenvalue weighted by atomic mass is 16.2. The summed E-state index contributed by atoms with van der Waals surface area (Å²) < 4.78 is 0. The zero-order valence-corrected chi connectivity index (χ0v) is 13.4. The van der Waals surface area contributed by atoms with E-state index in [2.05, 4.69) is 16.4 Å². The first kappa shape index (κ1) is 16.0. The van der Waals surface area contributed by atoms with Crippen molar-refractivity contribution in [1.29, 1.82) is 0 Å². The van der Waals surface area contributed by atoms with E-state index in [0.29, 0.717) is 30.6 Å². The molecule has 0 atom stereocenters. The molecule has 2 aromatic rings. The molecule has 124 valence electrons. The summed E-state index contributed by atoms with van der Waals surface area (Å²) in [5, 5.41) is 3.15. The Balaban J connectivity index is 1.51. The lowest BCUT2D eigenvalue weighted by Gasteiger charge is -2.17. The number of nitrogens with zero attached hydrogens (tertiary/aromatic N) is 2. The minimum atomic E-state index is -0.518. The Kier molecular flexibility index (Phi) is 4.74. The number of para-hydroxylation sites is 1. The Hall–Kier alpha value is -2.89. The molecule has 1 aromatic heterocycles. The van der Waals surface area contributed by atoms with Gasteiger partial charge in [0.05, 0.1) is 11.3 Å². The van der Waals surface area contributed by atoms with Gasteiger partial charge in [-0.2, -0.15) is 0 Å². The van der Waals surface area contributed by atoms with Gasteiger partial charge in [-0.15, -0.1) is 0 Å². The van der Waals surface area contributed by atoms with Gasteiger partial charge in [-0.3, -0.25) is 14.6 Å². The van der Waals surface area contributed by atoms with Crippen LogP contribution < -0.4 is 16.0 Å². The monoisotopic (exact) mass is 324 g/mol. The van der Waals surface area contributed by atoms with Crippen molar-refractivity contribution in [3.8, 4) is 0 Å². The molecule has 1 aliphatic heterocycles. The number of fused-ring (bicyclic) bond motifs is 1. The van der Waals surface area contributed by atoms with Crippen molar-refractivity contribution < 1.29 is 9.59 Å². The number of rotatable bonds is 6. The van der Waals surface area contributed by atoms with Crippen LogP contribution in [0.5, 0.6) is 0 Å². The van der Waals surface area contributed by atoms with Crippen LogP contribution >= 0.6 is 0 Å². The van der Waals surface area contributed by atoms with Crippen molar-refractivity contribution in [2.75, 3.05) is 23.3 Å². The van der Waals surface area contributed by atoms with Gasteiger partial charge in [0.1, 0.15) is 0 Å². The van der Waals surface area contributed by atoms with Crippen LogP contribution in [0.15, 0.2) is 42.7 Å². The summed E-state index contributed by atoms with van der Waals surface area (Å²) in [6.45, 7) is 1.34. The van der Waals surface area contributed by atoms with Gasteiger partial charge in [0.15, 0.2) is 0 Å². The highest BCUT2D eigenvalue weighted by Gasteiger charge is 2.23. The third-order valence-corrected chi connectivity index (χ3v) is 4.16. The molecule has 0 saturated carbocycles. The molecule has 6 nitrogen and oxygen atoms in total. The number of amides is 2. The van der Waals surface area contributed by atoms with Gasteiger partial charge in [0, 0.05) is 37.6 Å². The Morgan fingerprint density at radius 1 is 1.25 bits per heavy atom. The summed E-state index contributed by atoms with van der Waals surface area (Å²) in [4.78, 5) is 29.5. The van der Waals surface area contributed by atoms with E-state index in [1.165, 1.54) is 11.8 Å². The van der Waals surface area contributed by atoms with Gasteiger partial charge in [0.25, 0.3) is 5.91 Å². The highest BCUT2D eigenvalue weighted by Crippen LogP contribution is 2.28. The topological polar surface area (TPSA) is 88.3 Å². The number of carbonyl (C=O) groups excluding carboxylic acids is 2. The summed E-state index contributed by atoms with van der Waals surface area (Å²) in [6, 6.07) is 9.73. The van der Waals surface area contributed by atoms with Gasteiger partial charge in [-0.25, -0.2) is 0 Å². The lowest BCUT2D eigenvalue weighted by atomic mass is 10.2. The SMILES string of the molecule is NC(=O)c1cnccc1NCCCC(=O)N1CCc2ccccc21. The Labute approximate surface area is 140 Å². The largest absolute Gasteiger partial charge is 0.384 e. The molecule has 3 rings (SSSR count). The zero-order valence-electron chi connectivity index (χ0n) is 13.4. The van der Waals surface area contributed by atoms with Crippen molar-refractivity contribution in [3.63, 3.8) is 0 Å². The van der Waals surface area contributed by atoms with Crippen molar-refractivity contribution in [3.05, 3.63) is 53.9 Å². The quantitative estimate of drug-likeness (QED) is 0.795. The average Bonchev–Trinajstić information content (AvgIpc) is 3.03. The fourth-order valence-electron chi connectivity index (χ4n) is 2.94. The van der Waals surface area contributed by atoms with E-state index in [1.807, 2.05) is 23.1 Å². The van der Waals surface area contributed by atoms with Crippen molar-refractivity contribution in [2.45, 2.75) is 19.3 Å². The number of nitrogens with one attached hydrogen (secondary N) is 1. The molecule has 0 saturated heterocycles. The number of anilines is 2. The molecule has 0 fully saturated rings. The van der Waals surface area contributed by atoms with Gasteiger partial charge in [-0.05, 0) is 30.5 Å². The molecule has 3 N–H and O–H groups in total. The molecule has 0 unspecified atom stereocenters. The second-order valence-corrected chi connectivity index (χ2v) is 5.74. The summed E-state index contributed by atoms with van der Waals surface area (Å²) in [6.07, 6.45) is 5.09. The average molecular weight is 324 g/mol. The second-order valence-electron chi connectivity index (χ2n) is 5.74. The predicted octanol–water partition coefficient (Wildman–Crippen LogP) is 1.96. The van der Waals surface area contributed by atoms with Gasteiger partial charge in [-0.1, -0.05) is 18.2 Å². The molecule has 24 heavy (non-hydrogen) atoms. The van der Waals surface area contributed by atoms with Crippen LogP contribution in [0.2, 0.25) is 0 Å². The first-order valence-corrected chi connectivity index (χ1v) is 8.03. The van der Waals surface area contributed by atoms with Gasteiger partial charge >= 0.3 is 0 Å². The second kappa shape index (κ2) is 7.12. The highest BCUT2D eigenvalue weighted by molar-refractivity contribution is 5.98. The smallest absolute Gasteiger partial charge is 0.252 e.